The van der Waals surface area contributed by atoms with Crippen molar-refractivity contribution >= 4 is 28.3 Å². The van der Waals surface area contributed by atoms with Gasteiger partial charge in [0.25, 0.3) is 0 Å². The zero-order chi connectivity index (χ0) is 19.1. The van der Waals surface area contributed by atoms with E-state index in [-0.39, 0.29) is 13.2 Å². The first-order valence-electron chi connectivity index (χ1n) is 8.96. The number of nitrogens with one attached hydrogen (secondary N) is 2. The van der Waals surface area contributed by atoms with Gasteiger partial charge in [-0.1, -0.05) is 55.5 Å². The number of aryl methyl sites for hydroxylation is 1. The average molecular weight is 362 g/mol. The molecule has 3 aromatic rings. The second-order valence-electron chi connectivity index (χ2n) is 6.09. The molecule has 0 atom stereocenters. The van der Waals surface area contributed by atoms with Crippen LogP contribution < -0.4 is 15.4 Å². The SMILES string of the molecule is CCc1ccc(NC(=O)C(=O)NCCOc2cccc3ccccc23)cc1. The lowest BCUT2D eigenvalue weighted by Crippen LogP contribution is -2.37. The molecule has 0 saturated heterocycles. The molecule has 0 aliphatic rings. The highest BCUT2D eigenvalue weighted by atomic mass is 16.5. The molecule has 2 amide bonds. The fraction of sp³-hybridized carbons (Fsp3) is 0.182. The number of ether oxygens (including phenoxy) is 1. The second kappa shape index (κ2) is 8.85. The standard InChI is InChI=1S/C22H22N2O3/c1-2-16-10-12-18(13-11-16)24-22(26)21(25)23-14-15-27-20-9-5-7-17-6-3-4-8-19(17)20/h3-13H,2,14-15H2,1H3,(H,23,25)(H,24,26). The van der Waals surface area contributed by atoms with Crippen molar-refractivity contribution in [1.82, 2.24) is 5.32 Å². The zero-order valence-corrected chi connectivity index (χ0v) is 15.2. The summed E-state index contributed by atoms with van der Waals surface area (Å²) < 4.78 is 5.75. The maximum absolute atomic E-state index is 11.9. The molecule has 27 heavy (non-hydrogen) atoms. The Labute approximate surface area is 158 Å². The number of amides is 2. The van der Waals surface area contributed by atoms with Crippen LogP contribution in [-0.2, 0) is 16.0 Å². The molecule has 0 saturated carbocycles. The van der Waals surface area contributed by atoms with Crippen LogP contribution >= 0.6 is 0 Å². The first-order chi connectivity index (χ1) is 13.2. The van der Waals surface area contributed by atoms with Crippen molar-refractivity contribution in [3.63, 3.8) is 0 Å². The molecule has 3 rings (SSSR count). The largest absolute Gasteiger partial charge is 0.491 e. The van der Waals surface area contributed by atoms with Crippen molar-refractivity contribution in [2.45, 2.75) is 13.3 Å². The van der Waals surface area contributed by atoms with Crippen LogP contribution in [0.2, 0.25) is 0 Å². The predicted octanol–water partition coefficient (Wildman–Crippen LogP) is 3.54. The summed E-state index contributed by atoms with van der Waals surface area (Å²) in [5, 5.41) is 7.26. The molecule has 2 N–H and O–H groups in total. The summed E-state index contributed by atoms with van der Waals surface area (Å²) in [6.07, 6.45) is 0.922. The summed E-state index contributed by atoms with van der Waals surface area (Å²) in [7, 11) is 0. The van der Waals surface area contributed by atoms with Crippen molar-refractivity contribution in [3.05, 3.63) is 72.3 Å². The topological polar surface area (TPSA) is 67.4 Å². The number of hydrogen-bond donors (Lipinski definition) is 2. The van der Waals surface area contributed by atoms with E-state index in [1.54, 1.807) is 12.1 Å². The van der Waals surface area contributed by atoms with Crippen molar-refractivity contribution < 1.29 is 14.3 Å². The fourth-order valence-corrected chi connectivity index (χ4v) is 2.74. The summed E-state index contributed by atoms with van der Waals surface area (Å²) in [4.78, 5) is 23.9. The number of fused-ring (bicyclic) bond motifs is 1. The van der Waals surface area contributed by atoms with Gasteiger partial charge in [0.05, 0.1) is 6.54 Å². The highest BCUT2D eigenvalue weighted by molar-refractivity contribution is 6.39. The molecule has 5 nitrogen and oxygen atoms in total. The van der Waals surface area contributed by atoms with Crippen LogP contribution in [0, 0.1) is 0 Å². The number of carbonyl (C=O) groups excluding carboxylic acids is 2. The Morgan fingerprint density at radius 3 is 2.41 bits per heavy atom. The lowest BCUT2D eigenvalue weighted by molar-refractivity contribution is -0.136. The zero-order valence-electron chi connectivity index (χ0n) is 15.2. The molecule has 0 radical (unpaired) electrons. The van der Waals surface area contributed by atoms with Gasteiger partial charge in [0.1, 0.15) is 12.4 Å². The molecule has 0 bridgehead atoms. The van der Waals surface area contributed by atoms with Gasteiger partial charge in [0.15, 0.2) is 0 Å². The van der Waals surface area contributed by atoms with E-state index in [1.165, 1.54) is 5.56 Å². The van der Waals surface area contributed by atoms with Crippen LogP contribution in [0.25, 0.3) is 10.8 Å². The Morgan fingerprint density at radius 2 is 1.63 bits per heavy atom. The molecule has 0 unspecified atom stereocenters. The van der Waals surface area contributed by atoms with Gasteiger partial charge < -0.3 is 15.4 Å². The molecular weight excluding hydrogens is 340 g/mol. The van der Waals surface area contributed by atoms with Crippen molar-refractivity contribution in [1.29, 1.82) is 0 Å². The number of rotatable bonds is 6. The van der Waals surface area contributed by atoms with Gasteiger partial charge in [0.2, 0.25) is 0 Å². The van der Waals surface area contributed by atoms with E-state index in [0.717, 1.165) is 22.9 Å². The van der Waals surface area contributed by atoms with Crippen LogP contribution in [-0.4, -0.2) is 25.0 Å². The van der Waals surface area contributed by atoms with Crippen LogP contribution in [0.4, 0.5) is 5.69 Å². The molecule has 138 valence electrons. The third kappa shape index (κ3) is 4.85. The van der Waals surface area contributed by atoms with Crippen LogP contribution in [0.1, 0.15) is 12.5 Å². The first kappa shape index (κ1) is 18.5. The Morgan fingerprint density at radius 1 is 0.889 bits per heavy atom. The number of carbonyl (C=O) groups is 2. The van der Waals surface area contributed by atoms with Crippen molar-refractivity contribution in [2.24, 2.45) is 0 Å². The van der Waals surface area contributed by atoms with Gasteiger partial charge in [-0.2, -0.15) is 0 Å². The van der Waals surface area contributed by atoms with E-state index in [4.69, 9.17) is 4.74 Å². The van der Waals surface area contributed by atoms with E-state index < -0.39 is 11.8 Å². The molecule has 0 aliphatic heterocycles. The normalized spacial score (nSPS) is 10.4. The van der Waals surface area contributed by atoms with E-state index in [0.29, 0.717) is 5.69 Å². The Balaban J connectivity index is 1.46. The molecule has 0 aromatic heterocycles. The van der Waals surface area contributed by atoms with E-state index in [9.17, 15) is 9.59 Å². The third-order valence-electron chi connectivity index (χ3n) is 4.22. The summed E-state index contributed by atoms with van der Waals surface area (Å²) in [5.41, 5.74) is 1.77. The minimum absolute atomic E-state index is 0.240. The molecule has 0 spiro atoms. The minimum atomic E-state index is -0.690. The maximum Gasteiger partial charge on any atom is 0.313 e. The first-order valence-corrected chi connectivity index (χ1v) is 8.96. The van der Waals surface area contributed by atoms with Crippen LogP contribution in [0.5, 0.6) is 5.75 Å². The molecule has 5 heteroatoms. The number of anilines is 1. The van der Waals surface area contributed by atoms with Crippen LogP contribution in [0.15, 0.2) is 66.7 Å². The highest BCUT2D eigenvalue weighted by Gasteiger charge is 2.13. The molecular formula is C22H22N2O3. The molecule has 0 aliphatic carbocycles. The van der Waals surface area contributed by atoms with Gasteiger partial charge in [-0.15, -0.1) is 0 Å². The molecule has 0 fully saturated rings. The van der Waals surface area contributed by atoms with Gasteiger partial charge in [0, 0.05) is 11.1 Å². The summed E-state index contributed by atoms with van der Waals surface area (Å²) >= 11 is 0. The predicted molar refractivity (Wildman–Crippen MR) is 107 cm³/mol. The van der Waals surface area contributed by atoms with Gasteiger partial charge in [-0.3, -0.25) is 9.59 Å². The highest BCUT2D eigenvalue weighted by Crippen LogP contribution is 2.24. The Bertz CT molecular complexity index is 930. The quantitative estimate of drug-likeness (QED) is 0.521. The smallest absolute Gasteiger partial charge is 0.313 e. The maximum atomic E-state index is 11.9. The Hall–Kier alpha value is -3.34. The van der Waals surface area contributed by atoms with E-state index >= 15 is 0 Å². The molecule has 0 heterocycles. The monoisotopic (exact) mass is 362 g/mol. The summed E-state index contributed by atoms with van der Waals surface area (Å²) in [5.74, 6) is -0.622. The van der Waals surface area contributed by atoms with Gasteiger partial charge in [-0.05, 0) is 35.6 Å². The number of hydrogen-bond acceptors (Lipinski definition) is 3. The second-order valence-corrected chi connectivity index (χ2v) is 6.09. The van der Waals surface area contributed by atoms with Gasteiger partial charge in [-0.25, -0.2) is 0 Å². The summed E-state index contributed by atoms with van der Waals surface area (Å²) in [6.45, 7) is 2.57. The third-order valence-corrected chi connectivity index (χ3v) is 4.22. The van der Waals surface area contributed by atoms with Crippen molar-refractivity contribution in [3.8, 4) is 5.75 Å². The average Bonchev–Trinajstić information content (AvgIpc) is 2.71. The number of benzene rings is 3. The van der Waals surface area contributed by atoms with E-state index in [2.05, 4.69) is 17.6 Å². The van der Waals surface area contributed by atoms with E-state index in [1.807, 2.05) is 54.6 Å². The molecule has 3 aromatic carbocycles. The van der Waals surface area contributed by atoms with Crippen LogP contribution in [0.3, 0.4) is 0 Å². The Kier molecular flexibility index (Phi) is 6.05. The lowest BCUT2D eigenvalue weighted by atomic mass is 10.1. The fourth-order valence-electron chi connectivity index (χ4n) is 2.74. The lowest BCUT2D eigenvalue weighted by Gasteiger charge is -2.10. The van der Waals surface area contributed by atoms with Gasteiger partial charge >= 0.3 is 11.8 Å². The van der Waals surface area contributed by atoms with Crippen molar-refractivity contribution in [2.75, 3.05) is 18.5 Å². The summed E-state index contributed by atoms with van der Waals surface area (Å²) in [6, 6.07) is 21.2. The minimum Gasteiger partial charge on any atom is -0.491 e.